The molecule has 4 heteroatoms. The number of rotatable bonds is 2. The normalized spacial score (nSPS) is 10.6. The number of benzene rings is 1. The number of fused-ring (bicyclic) bond motifs is 1. The average Bonchev–Trinajstić information content (AvgIpc) is 2.51. The van der Waals surface area contributed by atoms with Crippen LogP contribution in [0.4, 0.5) is 0 Å². The molecule has 0 aliphatic carbocycles. The SMILES string of the molecule is COc1cccc2c1c(Cl)c(C=O)n2C. The molecule has 0 spiro atoms. The lowest BCUT2D eigenvalue weighted by atomic mass is 10.2. The maximum atomic E-state index is 10.9. The lowest BCUT2D eigenvalue weighted by Crippen LogP contribution is -1.93. The van der Waals surface area contributed by atoms with E-state index in [-0.39, 0.29) is 0 Å². The van der Waals surface area contributed by atoms with Crippen molar-refractivity contribution >= 4 is 28.8 Å². The van der Waals surface area contributed by atoms with E-state index in [0.29, 0.717) is 16.5 Å². The third kappa shape index (κ3) is 1.31. The Balaban J connectivity index is 2.94. The first kappa shape index (κ1) is 10.1. The van der Waals surface area contributed by atoms with Gasteiger partial charge in [0.1, 0.15) is 11.4 Å². The van der Waals surface area contributed by atoms with E-state index in [2.05, 4.69) is 0 Å². The van der Waals surface area contributed by atoms with E-state index in [0.717, 1.165) is 17.2 Å². The van der Waals surface area contributed by atoms with Gasteiger partial charge in [-0.05, 0) is 12.1 Å². The van der Waals surface area contributed by atoms with Gasteiger partial charge in [0.25, 0.3) is 0 Å². The second-order valence-electron chi connectivity index (χ2n) is 3.23. The van der Waals surface area contributed by atoms with Gasteiger partial charge in [0, 0.05) is 7.05 Å². The van der Waals surface area contributed by atoms with Crippen LogP contribution in [0.15, 0.2) is 18.2 Å². The monoisotopic (exact) mass is 223 g/mol. The second kappa shape index (κ2) is 3.59. The minimum absolute atomic E-state index is 0.444. The smallest absolute Gasteiger partial charge is 0.168 e. The van der Waals surface area contributed by atoms with Crippen LogP contribution >= 0.6 is 11.6 Å². The zero-order valence-corrected chi connectivity index (χ0v) is 9.21. The van der Waals surface area contributed by atoms with Gasteiger partial charge in [0.2, 0.25) is 0 Å². The summed E-state index contributed by atoms with van der Waals surface area (Å²) in [5.41, 5.74) is 1.36. The van der Waals surface area contributed by atoms with Crippen LogP contribution < -0.4 is 4.74 Å². The molecule has 1 heterocycles. The zero-order valence-electron chi connectivity index (χ0n) is 8.45. The molecule has 0 saturated heterocycles. The molecule has 0 amide bonds. The Morgan fingerprint density at radius 1 is 1.47 bits per heavy atom. The summed E-state index contributed by atoms with van der Waals surface area (Å²) in [6.45, 7) is 0. The number of aryl methyl sites for hydroxylation is 1. The molecule has 1 aromatic heterocycles. The molecule has 0 aliphatic rings. The molecule has 78 valence electrons. The maximum Gasteiger partial charge on any atom is 0.168 e. The molecule has 0 bridgehead atoms. The lowest BCUT2D eigenvalue weighted by molar-refractivity contribution is 0.111. The van der Waals surface area contributed by atoms with Gasteiger partial charge in [-0.15, -0.1) is 0 Å². The van der Waals surface area contributed by atoms with Crippen molar-refractivity contribution in [3.05, 3.63) is 28.9 Å². The maximum absolute atomic E-state index is 10.9. The number of aldehydes is 1. The van der Waals surface area contributed by atoms with Gasteiger partial charge in [-0.1, -0.05) is 17.7 Å². The molecule has 0 unspecified atom stereocenters. The fraction of sp³-hybridized carbons (Fsp3) is 0.182. The van der Waals surface area contributed by atoms with Crippen LogP contribution in [-0.4, -0.2) is 18.0 Å². The number of hydrogen-bond donors (Lipinski definition) is 0. The van der Waals surface area contributed by atoms with Gasteiger partial charge >= 0.3 is 0 Å². The Bertz CT molecular complexity index is 531. The molecule has 2 rings (SSSR count). The summed E-state index contributed by atoms with van der Waals surface area (Å²) in [5.74, 6) is 0.682. The van der Waals surface area contributed by atoms with Crippen LogP contribution in [0.3, 0.4) is 0 Å². The first-order chi connectivity index (χ1) is 7.20. The number of nitrogens with zero attached hydrogens (tertiary/aromatic N) is 1. The van der Waals surface area contributed by atoms with E-state index >= 15 is 0 Å². The molecule has 0 fully saturated rings. The van der Waals surface area contributed by atoms with Gasteiger partial charge in [-0.2, -0.15) is 0 Å². The standard InChI is InChI=1S/C11H10ClNO2/c1-13-7-4-3-5-9(15-2)10(7)11(12)8(13)6-14/h3-6H,1-2H3. The fourth-order valence-electron chi connectivity index (χ4n) is 1.73. The van der Waals surface area contributed by atoms with Gasteiger partial charge in [-0.25, -0.2) is 0 Å². The van der Waals surface area contributed by atoms with Crippen molar-refractivity contribution in [3.63, 3.8) is 0 Å². The van der Waals surface area contributed by atoms with Gasteiger partial charge in [0.15, 0.2) is 6.29 Å². The molecular formula is C11H10ClNO2. The Morgan fingerprint density at radius 2 is 2.20 bits per heavy atom. The number of carbonyl (C=O) groups excluding carboxylic acids is 1. The van der Waals surface area contributed by atoms with Crippen molar-refractivity contribution in [1.29, 1.82) is 0 Å². The summed E-state index contributed by atoms with van der Waals surface area (Å²) in [6.07, 6.45) is 0.752. The Morgan fingerprint density at radius 3 is 2.80 bits per heavy atom. The zero-order chi connectivity index (χ0) is 11.0. The van der Waals surface area contributed by atoms with Gasteiger partial charge in [-0.3, -0.25) is 4.79 Å². The van der Waals surface area contributed by atoms with Crippen molar-refractivity contribution in [2.75, 3.05) is 7.11 Å². The molecule has 0 saturated carbocycles. The van der Waals surface area contributed by atoms with E-state index < -0.39 is 0 Å². The Labute approximate surface area is 92.2 Å². The van der Waals surface area contributed by atoms with Crippen LogP contribution in [0.2, 0.25) is 5.02 Å². The molecule has 15 heavy (non-hydrogen) atoms. The van der Waals surface area contributed by atoms with E-state index in [1.165, 1.54) is 0 Å². The minimum atomic E-state index is 0.444. The minimum Gasteiger partial charge on any atom is -0.496 e. The number of methoxy groups -OCH3 is 1. The molecule has 0 aliphatic heterocycles. The lowest BCUT2D eigenvalue weighted by Gasteiger charge is -2.01. The van der Waals surface area contributed by atoms with Crippen molar-refractivity contribution in [2.45, 2.75) is 0 Å². The molecule has 0 radical (unpaired) electrons. The largest absolute Gasteiger partial charge is 0.496 e. The van der Waals surface area contributed by atoms with Crippen LogP contribution in [0.5, 0.6) is 5.75 Å². The number of halogens is 1. The predicted molar refractivity (Wildman–Crippen MR) is 59.9 cm³/mol. The van der Waals surface area contributed by atoms with E-state index in [1.54, 1.807) is 18.7 Å². The van der Waals surface area contributed by atoms with Crippen LogP contribution in [0.1, 0.15) is 10.5 Å². The molecule has 0 N–H and O–H groups in total. The van der Waals surface area contributed by atoms with Crippen LogP contribution in [0.25, 0.3) is 10.9 Å². The van der Waals surface area contributed by atoms with E-state index in [9.17, 15) is 4.79 Å². The third-order valence-electron chi connectivity index (χ3n) is 2.50. The molecule has 2 aromatic rings. The topological polar surface area (TPSA) is 31.2 Å². The van der Waals surface area contributed by atoms with Crippen molar-refractivity contribution in [2.24, 2.45) is 7.05 Å². The Kier molecular flexibility index (Phi) is 2.40. The molecule has 3 nitrogen and oxygen atoms in total. The van der Waals surface area contributed by atoms with E-state index in [1.807, 2.05) is 18.2 Å². The van der Waals surface area contributed by atoms with Crippen molar-refractivity contribution in [3.8, 4) is 5.75 Å². The first-order valence-corrected chi connectivity index (χ1v) is 4.84. The highest BCUT2D eigenvalue weighted by Gasteiger charge is 2.15. The van der Waals surface area contributed by atoms with E-state index in [4.69, 9.17) is 16.3 Å². The first-order valence-electron chi connectivity index (χ1n) is 4.46. The quantitative estimate of drug-likeness (QED) is 0.733. The molecule has 1 aromatic carbocycles. The van der Waals surface area contributed by atoms with Crippen molar-refractivity contribution < 1.29 is 9.53 Å². The highest BCUT2D eigenvalue weighted by molar-refractivity contribution is 6.38. The summed E-state index contributed by atoms with van der Waals surface area (Å²) >= 11 is 6.11. The number of ether oxygens (including phenoxy) is 1. The molecular weight excluding hydrogens is 214 g/mol. The number of aromatic nitrogens is 1. The van der Waals surface area contributed by atoms with Crippen molar-refractivity contribution in [1.82, 2.24) is 4.57 Å². The second-order valence-corrected chi connectivity index (χ2v) is 3.61. The number of hydrogen-bond acceptors (Lipinski definition) is 2. The third-order valence-corrected chi connectivity index (χ3v) is 2.89. The highest BCUT2D eigenvalue weighted by Crippen LogP contribution is 2.35. The summed E-state index contributed by atoms with van der Waals surface area (Å²) in [4.78, 5) is 10.9. The fourth-order valence-corrected chi connectivity index (χ4v) is 2.09. The van der Waals surface area contributed by atoms with Crippen LogP contribution in [-0.2, 0) is 7.05 Å². The van der Waals surface area contributed by atoms with Crippen LogP contribution in [0, 0.1) is 0 Å². The Hall–Kier alpha value is -1.48. The highest BCUT2D eigenvalue weighted by atomic mass is 35.5. The average molecular weight is 224 g/mol. The predicted octanol–water partition coefficient (Wildman–Crippen LogP) is 2.65. The summed E-state index contributed by atoms with van der Waals surface area (Å²) in [5, 5.41) is 1.23. The summed E-state index contributed by atoms with van der Waals surface area (Å²) < 4.78 is 6.96. The van der Waals surface area contributed by atoms with Gasteiger partial charge in [0.05, 0.1) is 23.0 Å². The summed E-state index contributed by atoms with van der Waals surface area (Å²) in [7, 11) is 3.38. The summed E-state index contributed by atoms with van der Waals surface area (Å²) in [6, 6.07) is 5.59. The molecule has 0 atom stereocenters. The van der Waals surface area contributed by atoms with Gasteiger partial charge < -0.3 is 9.30 Å². The number of carbonyl (C=O) groups is 1.